The van der Waals surface area contributed by atoms with Crippen molar-refractivity contribution in [3.63, 3.8) is 0 Å². The summed E-state index contributed by atoms with van der Waals surface area (Å²) in [5.41, 5.74) is 0.743. The zero-order chi connectivity index (χ0) is 22.4. The summed E-state index contributed by atoms with van der Waals surface area (Å²) in [7, 11) is 0. The van der Waals surface area contributed by atoms with Crippen LogP contribution in [0.1, 0.15) is 71.9 Å². The minimum atomic E-state index is -0.536. The topological polar surface area (TPSA) is 62.3 Å². The first-order valence-corrected chi connectivity index (χ1v) is 12.1. The number of aromatic nitrogens is 1. The molecule has 2 amide bonds. The Morgan fingerprint density at radius 3 is 2.53 bits per heavy atom. The number of benzene rings is 1. The van der Waals surface area contributed by atoms with E-state index in [4.69, 9.17) is 6.42 Å². The van der Waals surface area contributed by atoms with Crippen molar-refractivity contribution in [2.75, 3.05) is 13.1 Å². The van der Waals surface area contributed by atoms with Gasteiger partial charge in [0, 0.05) is 35.9 Å². The molecule has 32 heavy (non-hydrogen) atoms. The lowest BCUT2D eigenvalue weighted by molar-refractivity contribution is -0.126. The fourth-order valence-electron chi connectivity index (χ4n) is 4.38. The highest BCUT2D eigenvalue weighted by molar-refractivity contribution is 7.09. The van der Waals surface area contributed by atoms with Gasteiger partial charge in [-0.1, -0.05) is 49.3 Å². The number of hydrogen-bond donors (Lipinski definition) is 1. The van der Waals surface area contributed by atoms with Crippen molar-refractivity contribution in [2.45, 2.75) is 56.4 Å². The van der Waals surface area contributed by atoms with Crippen LogP contribution in [0.3, 0.4) is 0 Å². The summed E-state index contributed by atoms with van der Waals surface area (Å²) in [6.45, 7) is 1.29. The summed E-state index contributed by atoms with van der Waals surface area (Å²) in [6.07, 6.45) is 12.3. The smallest absolute Gasteiger partial charge is 0.298 e. The molecule has 1 saturated carbocycles. The maximum absolute atomic E-state index is 12.8. The molecule has 0 bridgehead atoms. The molecule has 4 rings (SSSR count). The average molecular weight is 446 g/mol. The van der Waals surface area contributed by atoms with Crippen molar-refractivity contribution in [3.8, 4) is 24.2 Å². The first-order chi connectivity index (χ1) is 15.6. The van der Waals surface area contributed by atoms with E-state index in [1.54, 1.807) is 4.90 Å². The van der Waals surface area contributed by atoms with Crippen LogP contribution in [0.15, 0.2) is 35.7 Å². The molecule has 0 spiro atoms. The molecule has 0 unspecified atom stereocenters. The van der Waals surface area contributed by atoms with E-state index < -0.39 is 5.54 Å². The van der Waals surface area contributed by atoms with E-state index in [1.807, 2.05) is 35.7 Å². The number of terminal acetylenes is 1. The molecular formula is C26H27N3O2S. The second-order valence-electron chi connectivity index (χ2n) is 8.49. The minimum absolute atomic E-state index is 0.140. The molecule has 1 aromatic carbocycles. The Morgan fingerprint density at radius 2 is 1.84 bits per heavy atom. The number of carbonyl (C=O) groups is 2. The van der Waals surface area contributed by atoms with E-state index in [0.29, 0.717) is 18.8 Å². The molecule has 2 heterocycles. The first-order valence-electron chi connectivity index (χ1n) is 11.2. The monoisotopic (exact) mass is 445 g/mol. The van der Waals surface area contributed by atoms with Gasteiger partial charge in [0.1, 0.15) is 11.2 Å². The summed E-state index contributed by atoms with van der Waals surface area (Å²) < 4.78 is 0. The number of hydrogen-bond acceptors (Lipinski definition) is 4. The highest BCUT2D eigenvalue weighted by atomic mass is 32.1. The fourth-order valence-corrected chi connectivity index (χ4v) is 5.35. The van der Waals surface area contributed by atoms with Gasteiger partial charge < -0.3 is 10.2 Å². The predicted molar refractivity (Wildman–Crippen MR) is 126 cm³/mol. The molecule has 1 saturated heterocycles. The molecule has 164 valence electrons. The maximum Gasteiger partial charge on any atom is 0.298 e. The maximum atomic E-state index is 12.8. The van der Waals surface area contributed by atoms with E-state index in [-0.39, 0.29) is 17.7 Å². The van der Waals surface area contributed by atoms with Gasteiger partial charge in [-0.3, -0.25) is 9.59 Å². The van der Waals surface area contributed by atoms with Crippen LogP contribution >= 0.6 is 11.3 Å². The van der Waals surface area contributed by atoms with Crippen molar-refractivity contribution in [2.24, 2.45) is 0 Å². The van der Waals surface area contributed by atoms with Crippen molar-refractivity contribution in [1.29, 1.82) is 0 Å². The number of nitrogens with one attached hydrogen (secondary N) is 1. The molecule has 1 aromatic heterocycles. The first kappa shape index (κ1) is 22.1. The number of amides is 2. The van der Waals surface area contributed by atoms with Gasteiger partial charge in [0.05, 0.1) is 5.01 Å². The second-order valence-corrected chi connectivity index (χ2v) is 9.38. The third-order valence-corrected chi connectivity index (χ3v) is 7.32. The van der Waals surface area contributed by atoms with Gasteiger partial charge in [-0.05, 0) is 37.8 Å². The summed E-state index contributed by atoms with van der Waals surface area (Å²) in [5, 5.41) is 5.84. The van der Waals surface area contributed by atoms with Crippen molar-refractivity contribution in [1.82, 2.24) is 15.2 Å². The van der Waals surface area contributed by atoms with Gasteiger partial charge in [-0.2, -0.15) is 0 Å². The molecule has 1 aliphatic carbocycles. The van der Waals surface area contributed by atoms with Crippen LogP contribution < -0.4 is 5.32 Å². The van der Waals surface area contributed by atoms with Crippen LogP contribution in [0.2, 0.25) is 0 Å². The highest BCUT2D eigenvalue weighted by Gasteiger charge is 2.33. The van der Waals surface area contributed by atoms with Crippen LogP contribution in [0.5, 0.6) is 0 Å². The third-order valence-electron chi connectivity index (χ3n) is 6.31. The van der Waals surface area contributed by atoms with Gasteiger partial charge in [-0.15, -0.1) is 17.8 Å². The summed E-state index contributed by atoms with van der Waals surface area (Å²) >= 11 is 1.52. The van der Waals surface area contributed by atoms with Gasteiger partial charge in [-0.25, -0.2) is 4.98 Å². The summed E-state index contributed by atoms with van der Waals surface area (Å²) in [5.74, 6) is 8.43. The molecule has 2 aromatic rings. The van der Waals surface area contributed by atoms with Gasteiger partial charge in [0.15, 0.2) is 0 Å². The number of rotatable bonds is 3. The number of likely N-dealkylation sites (tertiary alicyclic amines) is 1. The predicted octanol–water partition coefficient (Wildman–Crippen LogP) is 3.97. The van der Waals surface area contributed by atoms with Crippen LogP contribution in [0.4, 0.5) is 0 Å². The molecule has 0 atom stereocenters. The van der Waals surface area contributed by atoms with E-state index in [0.717, 1.165) is 49.1 Å². The fraction of sp³-hybridized carbons (Fsp3) is 0.423. The van der Waals surface area contributed by atoms with Gasteiger partial charge in [0.25, 0.3) is 11.8 Å². The second kappa shape index (κ2) is 10.0. The normalized spacial score (nSPS) is 18.2. The Hall–Kier alpha value is -3.09. The Kier molecular flexibility index (Phi) is 6.93. The summed E-state index contributed by atoms with van der Waals surface area (Å²) in [6, 6.07) is 9.52. The molecule has 6 heteroatoms. The third kappa shape index (κ3) is 5.21. The van der Waals surface area contributed by atoms with Crippen LogP contribution in [0, 0.1) is 24.2 Å². The number of carbonyl (C=O) groups excluding carboxylic acids is 2. The zero-order valence-electron chi connectivity index (χ0n) is 18.1. The van der Waals surface area contributed by atoms with Crippen LogP contribution in [0.25, 0.3) is 0 Å². The van der Waals surface area contributed by atoms with E-state index >= 15 is 0 Å². The lowest BCUT2D eigenvalue weighted by Crippen LogP contribution is -2.48. The Labute approximate surface area is 193 Å². The largest absolute Gasteiger partial charge is 0.334 e. The quantitative estimate of drug-likeness (QED) is 0.728. The molecule has 5 nitrogen and oxygen atoms in total. The van der Waals surface area contributed by atoms with Gasteiger partial charge in [0.2, 0.25) is 0 Å². The SMILES string of the molecule is C#CC1(NC(=O)c2csc(C3CCN(C(=O)C#Cc4ccccc4)CC3)n2)CCCCC1. The van der Waals surface area contributed by atoms with E-state index in [1.165, 1.54) is 17.8 Å². The standard InChI is InChI=1S/C26H27N3O2S/c1-2-26(15-7-4-8-16-26)28-24(31)22-19-32-25(27-22)21-13-17-29(18-14-21)23(30)12-11-20-9-5-3-6-10-20/h1,3,5-6,9-10,19,21H,4,7-8,13-18H2,(H,28,31). The molecule has 2 fully saturated rings. The average Bonchev–Trinajstić information content (AvgIpc) is 3.34. The molecule has 0 radical (unpaired) electrons. The number of thiazole rings is 1. The zero-order valence-corrected chi connectivity index (χ0v) is 18.9. The summed E-state index contributed by atoms with van der Waals surface area (Å²) in [4.78, 5) is 31.6. The molecule has 2 aliphatic rings. The van der Waals surface area contributed by atoms with Crippen molar-refractivity contribution >= 4 is 23.2 Å². The Morgan fingerprint density at radius 1 is 1.12 bits per heavy atom. The van der Waals surface area contributed by atoms with E-state index in [2.05, 4.69) is 28.1 Å². The number of piperidine rings is 1. The number of nitrogens with zero attached hydrogens (tertiary/aromatic N) is 2. The van der Waals surface area contributed by atoms with Crippen LogP contribution in [-0.2, 0) is 4.79 Å². The van der Waals surface area contributed by atoms with Crippen molar-refractivity contribution in [3.05, 3.63) is 52.0 Å². The molecule has 1 aliphatic heterocycles. The highest BCUT2D eigenvalue weighted by Crippen LogP contribution is 2.31. The van der Waals surface area contributed by atoms with Crippen molar-refractivity contribution < 1.29 is 9.59 Å². The molecular weight excluding hydrogens is 418 g/mol. The molecule has 1 N–H and O–H groups in total. The Bertz CT molecular complexity index is 1060. The van der Waals surface area contributed by atoms with E-state index in [9.17, 15) is 9.59 Å². The lowest BCUT2D eigenvalue weighted by Gasteiger charge is -2.33. The van der Waals surface area contributed by atoms with Gasteiger partial charge >= 0.3 is 0 Å². The lowest BCUT2D eigenvalue weighted by atomic mass is 9.82. The van der Waals surface area contributed by atoms with Crippen LogP contribution in [-0.4, -0.2) is 40.3 Å². The minimum Gasteiger partial charge on any atom is -0.334 e. The Balaban J connectivity index is 1.32.